The van der Waals surface area contributed by atoms with Gasteiger partial charge in [-0.05, 0) is 38.4 Å². The summed E-state index contributed by atoms with van der Waals surface area (Å²) in [6.07, 6.45) is 2.33. The molecule has 90 valence electrons. The van der Waals surface area contributed by atoms with E-state index in [1.54, 1.807) is 0 Å². The van der Waals surface area contributed by atoms with Gasteiger partial charge in [0, 0.05) is 19.6 Å². The van der Waals surface area contributed by atoms with Gasteiger partial charge < -0.3 is 14.7 Å². The number of rotatable bonds is 4. The van der Waals surface area contributed by atoms with Crippen molar-refractivity contribution in [3.63, 3.8) is 0 Å². The lowest BCUT2D eigenvalue weighted by molar-refractivity contribution is 0.322. The van der Waals surface area contributed by atoms with Crippen molar-refractivity contribution in [2.75, 3.05) is 31.1 Å². The Morgan fingerprint density at radius 3 is 2.88 bits per heavy atom. The van der Waals surface area contributed by atoms with E-state index >= 15 is 0 Å². The average Bonchev–Trinajstić information content (AvgIpc) is 2.81. The summed E-state index contributed by atoms with van der Waals surface area (Å²) >= 11 is 0. The summed E-state index contributed by atoms with van der Waals surface area (Å²) in [6.45, 7) is 8.09. The van der Waals surface area contributed by atoms with Gasteiger partial charge in [-0.2, -0.15) is 4.98 Å². The molecule has 5 nitrogen and oxygen atoms in total. The van der Waals surface area contributed by atoms with Crippen LogP contribution < -0.4 is 10.2 Å². The van der Waals surface area contributed by atoms with Gasteiger partial charge in [0.1, 0.15) is 0 Å². The Bertz CT molecular complexity index is 316. The largest absolute Gasteiger partial charge is 0.339 e. The van der Waals surface area contributed by atoms with E-state index in [4.69, 9.17) is 4.52 Å². The molecular formula is C11H20N4O. The first kappa shape index (κ1) is 11.4. The quantitative estimate of drug-likeness (QED) is 0.837. The van der Waals surface area contributed by atoms with Gasteiger partial charge in [0.2, 0.25) is 5.89 Å². The number of anilines is 1. The van der Waals surface area contributed by atoms with Crippen LogP contribution in [-0.4, -0.2) is 36.3 Å². The average molecular weight is 224 g/mol. The molecule has 1 fully saturated rings. The smallest absolute Gasteiger partial charge is 0.266 e. The summed E-state index contributed by atoms with van der Waals surface area (Å²) in [7, 11) is 0. The topological polar surface area (TPSA) is 54.2 Å². The van der Waals surface area contributed by atoms with Crippen molar-refractivity contribution >= 4 is 5.95 Å². The van der Waals surface area contributed by atoms with Crippen LogP contribution >= 0.6 is 0 Å². The fraction of sp³-hybridized carbons (Fsp3) is 0.818. The van der Waals surface area contributed by atoms with Crippen LogP contribution in [0.2, 0.25) is 0 Å². The predicted octanol–water partition coefficient (Wildman–Crippen LogP) is 1.38. The van der Waals surface area contributed by atoms with Crippen LogP contribution in [0.4, 0.5) is 5.95 Å². The molecule has 1 aliphatic rings. The lowest BCUT2D eigenvalue weighted by Gasteiger charge is -2.19. The van der Waals surface area contributed by atoms with Crippen LogP contribution in [0.3, 0.4) is 0 Å². The van der Waals surface area contributed by atoms with E-state index in [1.165, 1.54) is 6.42 Å². The number of hydrogen-bond acceptors (Lipinski definition) is 5. The summed E-state index contributed by atoms with van der Waals surface area (Å²) in [5.74, 6) is 1.91. The monoisotopic (exact) mass is 224 g/mol. The zero-order chi connectivity index (χ0) is 11.4. The Morgan fingerprint density at radius 1 is 1.44 bits per heavy atom. The normalized spacial score (nSPS) is 21.0. The standard InChI is InChI=1S/C11H20N4O/c1-3-15(4-2)11-13-10(16-14-11)9-6-5-7-12-8-9/h9,12H,3-8H2,1-2H3/t9-/m0/s1. The first-order valence-electron chi connectivity index (χ1n) is 6.14. The van der Waals surface area contributed by atoms with Gasteiger partial charge >= 0.3 is 0 Å². The van der Waals surface area contributed by atoms with Gasteiger partial charge in [-0.15, -0.1) is 0 Å². The second-order valence-electron chi connectivity index (χ2n) is 4.15. The summed E-state index contributed by atoms with van der Waals surface area (Å²) in [5, 5.41) is 7.40. The van der Waals surface area contributed by atoms with E-state index in [1.807, 2.05) is 0 Å². The molecule has 0 radical (unpaired) electrons. The van der Waals surface area contributed by atoms with Crippen molar-refractivity contribution in [2.45, 2.75) is 32.6 Å². The van der Waals surface area contributed by atoms with Crippen molar-refractivity contribution < 1.29 is 4.52 Å². The second-order valence-corrected chi connectivity index (χ2v) is 4.15. The predicted molar refractivity (Wildman–Crippen MR) is 62.7 cm³/mol. The Labute approximate surface area is 96.2 Å². The molecule has 1 aromatic rings. The Morgan fingerprint density at radius 2 is 2.25 bits per heavy atom. The van der Waals surface area contributed by atoms with E-state index < -0.39 is 0 Å². The minimum Gasteiger partial charge on any atom is -0.339 e. The minimum atomic E-state index is 0.394. The van der Waals surface area contributed by atoms with Crippen molar-refractivity contribution in [3.8, 4) is 0 Å². The maximum atomic E-state index is 5.35. The van der Waals surface area contributed by atoms with Crippen LogP contribution in [0.25, 0.3) is 0 Å². The number of hydrogen-bond donors (Lipinski definition) is 1. The van der Waals surface area contributed by atoms with E-state index in [2.05, 4.69) is 34.2 Å². The molecule has 0 amide bonds. The first-order chi connectivity index (χ1) is 7.85. The third-order valence-corrected chi connectivity index (χ3v) is 3.12. The molecule has 16 heavy (non-hydrogen) atoms. The first-order valence-corrected chi connectivity index (χ1v) is 6.14. The molecule has 1 saturated heterocycles. The summed E-state index contributed by atoms with van der Waals surface area (Å²) < 4.78 is 5.35. The maximum absolute atomic E-state index is 5.35. The molecule has 0 unspecified atom stereocenters. The fourth-order valence-corrected chi connectivity index (χ4v) is 2.09. The molecule has 0 saturated carbocycles. The maximum Gasteiger partial charge on any atom is 0.266 e. The van der Waals surface area contributed by atoms with E-state index in [0.717, 1.165) is 44.4 Å². The van der Waals surface area contributed by atoms with Crippen LogP contribution in [-0.2, 0) is 0 Å². The Kier molecular flexibility index (Phi) is 3.77. The summed E-state index contributed by atoms with van der Waals surface area (Å²) in [5.41, 5.74) is 0. The minimum absolute atomic E-state index is 0.394. The van der Waals surface area contributed by atoms with Crippen molar-refractivity contribution in [1.82, 2.24) is 15.5 Å². The highest BCUT2D eigenvalue weighted by molar-refractivity contribution is 5.27. The van der Waals surface area contributed by atoms with Gasteiger partial charge in [-0.25, -0.2) is 0 Å². The highest BCUT2D eigenvalue weighted by atomic mass is 16.5. The third-order valence-electron chi connectivity index (χ3n) is 3.12. The lowest BCUT2D eigenvalue weighted by Crippen LogP contribution is -2.28. The van der Waals surface area contributed by atoms with Crippen molar-refractivity contribution in [2.24, 2.45) is 0 Å². The Balaban J connectivity index is 2.05. The zero-order valence-corrected chi connectivity index (χ0v) is 10.1. The number of nitrogens with one attached hydrogen (secondary N) is 1. The molecule has 2 heterocycles. The van der Waals surface area contributed by atoms with Gasteiger partial charge in [0.25, 0.3) is 5.95 Å². The van der Waals surface area contributed by atoms with Gasteiger partial charge in [0.05, 0.1) is 5.92 Å². The van der Waals surface area contributed by atoms with E-state index in [0.29, 0.717) is 5.92 Å². The van der Waals surface area contributed by atoms with Crippen LogP contribution in [0.15, 0.2) is 4.52 Å². The van der Waals surface area contributed by atoms with Crippen LogP contribution in [0, 0.1) is 0 Å². The van der Waals surface area contributed by atoms with Gasteiger partial charge in [0.15, 0.2) is 0 Å². The second kappa shape index (κ2) is 5.30. The van der Waals surface area contributed by atoms with Crippen LogP contribution in [0.5, 0.6) is 0 Å². The zero-order valence-electron chi connectivity index (χ0n) is 10.1. The molecule has 5 heteroatoms. The molecule has 0 aliphatic carbocycles. The van der Waals surface area contributed by atoms with E-state index in [9.17, 15) is 0 Å². The van der Waals surface area contributed by atoms with Crippen LogP contribution in [0.1, 0.15) is 38.5 Å². The van der Waals surface area contributed by atoms with E-state index in [-0.39, 0.29) is 0 Å². The Hall–Kier alpha value is -1.10. The summed E-state index contributed by atoms with van der Waals surface area (Å²) in [4.78, 5) is 6.58. The lowest BCUT2D eigenvalue weighted by atomic mass is 10.00. The molecule has 1 aliphatic heterocycles. The van der Waals surface area contributed by atoms with Crippen molar-refractivity contribution in [3.05, 3.63) is 5.89 Å². The molecule has 0 bridgehead atoms. The highest BCUT2D eigenvalue weighted by Gasteiger charge is 2.22. The van der Waals surface area contributed by atoms with Gasteiger partial charge in [-0.1, -0.05) is 0 Å². The molecule has 1 atom stereocenters. The molecular weight excluding hydrogens is 204 g/mol. The molecule has 0 aromatic carbocycles. The molecule has 2 rings (SSSR count). The molecule has 1 aromatic heterocycles. The van der Waals surface area contributed by atoms with Gasteiger partial charge in [-0.3, -0.25) is 0 Å². The summed E-state index contributed by atoms with van der Waals surface area (Å²) in [6, 6.07) is 0. The SMILES string of the molecule is CCN(CC)c1noc([C@H]2CCCNC2)n1. The number of piperidine rings is 1. The van der Waals surface area contributed by atoms with Crippen molar-refractivity contribution in [1.29, 1.82) is 0 Å². The third kappa shape index (κ3) is 2.35. The molecule has 0 spiro atoms. The fourth-order valence-electron chi connectivity index (χ4n) is 2.09. The number of aromatic nitrogens is 2. The number of nitrogens with zero attached hydrogens (tertiary/aromatic N) is 3. The highest BCUT2D eigenvalue weighted by Crippen LogP contribution is 2.23. The molecule has 1 N–H and O–H groups in total.